The summed E-state index contributed by atoms with van der Waals surface area (Å²) in [7, 11) is 0. The summed E-state index contributed by atoms with van der Waals surface area (Å²) in [5.41, 5.74) is 4.46. The van der Waals surface area contributed by atoms with E-state index in [0.29, 0.717) is 12.1 Å². The van der Waals surface area contributed by atoms with Crippen molar-refractivity contribution in [3.05, 3.63) is 59.7 Å². The fraction of sp³-hybridized carbons (Fsp3) is 0.143. The molecular weight excluding hydrogens is 274 g/mol. The van der Waals surface area contributed by atoms with Crippen molar-refractivity contribution in [1.29, 1.82) is 0 Å². The van der Waals surface area contributed by atoms with Crippen LogP contribution < -0.4 is 10.5 Å². The van der Waals surface area contributed by atoms with Gasteiger partial charge in [-0.05, 0) is 0 Å². The van der Waals surface area contributed by atoms with Crippen molar-refractivity contribution < 1.29 is 22.3 Å². The van der Waals surface area contributed by atoms with E-state index in [4.69, 9.17) is 5.73 Å². The number of halogens is 4. The number of ether oxygens (including phenoxy) is 1. The van der Waals surface area contributed by atoms with Crippen LogP contribution in [0, 0.1) is 11.6 Å². The standard InChI is InChI=1S/C14H11F4NO/c15-10-7-13(11(16)6-12(10)19)20-8-14(17,18)9-4-2-1-3-5-9/h1-7H,8,19H2. The molecular formula is C14H11F4NO. The van der Waals surface area contributed by atoms with Gasteiger partial charge in [-0.25, -0.2) is 8.78 Å². The fourth-order valence-electron chi connectivity index (χ4n) is 1.59. The van der Waals surface area contributed by atoms with Gasteiger partial charge in [-0.1, -0.05) is 30.3 Å². The van der Waals surface area contributed by atoms with Crippen molar-refractivity contribution in [3.8, 4) is 5.75 Å². The summed E-state index contributed by atoms with van der Waals surface area (Å²) < 4.78 is 58.8. The number of anilines is 1. The van der Waals surface area contributed by atoms with E-state index in [2.05, 4.69) is 4.74 Å². The molecule has 0 unspecified atom stereocenters. The summed E-state index contributed by atoms with van der Waals surface area (Å²) in [6.07, 6.45) is 0. The first kappa shape index (κ1) is 14.2. The molecule has 0 fully saturated rings. The quantitative estimate of drug-likeness (QED) is 0.686. The molecule has 0 aromatic heterocycles. The van der Waals surface area contributed by atoms with Crippen molar-refractivity contribution in [3.63, 3.8) is 0 Å². The van der Waals surface area contributed by atoms with Gasteiger partial charge in [0, 0.05) is 17.7 Å². The molecule has 6 heteroatoms. The normalized spacial score (nSPS) is 11.4. The second-order valence-corrected chi connectivity index (χ2v) is 4.16. The van der Waals surface area contributed by atoms with Crippen LogP contribution in [0.15, 0.2) is 42.5 Å². The third-order valence-corrected chi connectivity index (χ3v) is 2.66. The van der Waals surface area contributed by atoms with Gasteiger partial charge in [0.15, 0.2) is 18.2 Å². The molecule has 0 radical (unpaired) electrons. The number of benzene rings is 2. The molecule has 2 rings (SSSR count). The van der Waals surface area contributed by atoms with Crippen LogP contribution in [0.1, 0.15) is 5.56 Å². The van der Waals surface area contributed by atoms with Crippen LogP contribution >= 0.6 is 0 Å². The van der Waals surface area contributed by atoms with E-state index in [1.54, 1.807) is 6.07 Å². The van der Waals surface area contributed by atoms with E-state index in [0.717, 1.165) is 0 Å². The van der Waals surface area contributed by atoms with Gasteiger partial charge in [0.1, 0.15) is 5.82 Å². The molecule has 0 amide bonds. The van der Waals surface area contributed by atoms with Crippen LogP contribution in [0.2, 0.25) is 0 Å². The van der Waals surface area contributed by atoms with Crippen LogP contribution in [0.4, 0.5) is 23.2 Å². The van der Waals surface area contributed by atoms with Gasteiger partial charge in [0.2, 0.25) is 0 Å². The lowest BCUT2D eigenvalue weighted by Gasteiger charge is -2.17. The summed E-state index contributed by atoms with van der Waals surface area (Å²) in [6.45, 7) is -1.10. The minimum Gasteiger partial charge on any atom is -0.484 e. The second kappa shape index (κ2) is 5.40. The average molecular weight is 285 g/mol. The third-order valence-electron chi connectivity index (χ3n) is 2.66. The van der Waals surface area contributed by atoms with Crippen LogP contribution in [0.3, 0.4) is 0 Å². The molecule has 2 nitrogen and oxygen atoms in total. The molecule has 20 heavy (non-hydrogen) atoms. The Morgan fingerprint density at radius 3 is 2.30 bits per heavy atom. The van der Waals surface area contributed by atoms with Crippen LogP contribution in [0.5, 0.6) is 5.75 Å². The molecule has 0 aliphatic carbocycles. The Morgan fingerprint density at radius 1 is 1.00 bits per heavy atom. The lowest BCUT2D eigenvalue weighted by molar-refractivity contribution is -0.0476. The molecule has 0 saturated carbocycles. The summed E-state index contributed by atoms with van der Waals surface area (Å²) in [6, 6.07) is 8.28. The Morgan fingerprint density at radius 2 is 1.65 bits per heavy atom. The molecule has 0 aliphatic heterocycles. The zero-order valence-corrected chi connectivity index (χ0v) is 10.2. The first-order chi connectivity index (χ1) is 9.40. The maximum atomic E-state index is 13.8. The first-order valence-corrected chi connectivity index (χ1v) is 5.71. The predicted octanol–water partition coefficient (Wildman–Crippen LogP) is 3.72. The highest BCUT2D eigenvalue weighted by atomic mass is 19.3. The van der Waals surface area contributed by atoms with Crippen molar-refractivity contribution in [1.82, 2.24) is 0 Å². The topological polar surface area (TPSA) is 35.2 Å². The van der Waals surface area contributed by atoms with Crippen molar-refractivity contribution in [2.45, 2.75) is 5.92 Å². The van der Waals surface area contributed by atoms with E-state index in [-0.39, 0.29) is 5.56 Å². The fourth-order valence-corrected chi connectivity index (χ4v) is 1.59. The van der Waals surface area contributed by atoms with E-state index >= 15 is 0 Å². The first-order valence-electron chi connectivity index (χ1n) is 5.71. The minimum atomic E-state index is -3.31. The third kappa shape index (κ3) is 3.01. The highest BCUT2D eigenvalue weighted by molar-refractivity contribution is 5.44. The van der Waals surface area contributed by atoms with Gasteiger partial charge in [0.25, 0.3) is 0 Å². The Hall–Kier alpha value is -2.24. The van der Waals surface area contributed by atoms with E-state index in [9.17, 15) is 17.6 Å². The zero-order chi connectivity index (χ0) is 14.8. The number of alkyl halides is 2. The largest absolute Gasteiger partial charge is 0.484 e. The van der Waals surface area contributed by atoms with Gasteiger partial charge in [-0.15, -0.1) is 0 Å². The maximum Gasteiger partial charge on any atom is 0.306 e. The molecule has 2 aromatic carbocycles. The molecule has 0 aliphatic rings. The number of nitrogen functional groups attached to an aromatic ring is 1. The van der Waals surface area contributed by atoms with Gasteiger partial charge >= 0.3 is 5.92 Å². The number of rotatable bonds is 4. The summed E-state index contributed by atoms with van der Waals surface area (Å²) >= 11 is 0. The molecule has 0 saturated heterocycles. The van der Waals surface area contributed by atoms with E-state index in [1.807, 2.05) is 0 Å². The monoisotopic (exact) mass is 285 g/mol. The Bertz CT molecular complexity index is 602. The number of hydrogen-bond acceptors (Lipinski definition) is 2. The average Bonchev–Trinajstić information content (AvgIpc) is 2.42. The lowest BCUT2D eigenvalue weighted by atomic mass is 10.1. The van der Waals surface area contributed by atoms with Crippen LogP contribution in [-0.4, -0.2) is 6.61 Å². The maximum absolute atomic E-state index is 13.8. The van der Waals surface area contributed by atoms with Crippen molar-refractivity contribution in [2.75, 3.05) is 12.3 Å². The summed E-state index contributed by atoms with van der Waals surface area (Å²) in [4.78, 5) is 0. The van der Waals surface area contributed by atoms with Crippen LogP contribution in [-0.2, 0) is 5.92 Å². The predicted molar refractivity (Wildman–Crippen MR) is 66.6 cm³/mol. The van der Waals surface area contributed by atoms with E-state index < -0.39 is 35.6 Å². The lowest BCUT2D eigenvalue weighted by Crippen LogP contribution is -2.23. The molecule has 2 aromatic rings. The molecule has 0 bridgehead atoms. The smallest absolute Gasteiger partial charge is 0.306 e. The molecule has 106 valence electrons. The Kier molecular flexibility index (Phi) is 3.83. The van der Waals surface area contributed by atoms with Gasteiger partial charge in [-0.3, -0.25) is 0 Å². The van der Waals surface area contributed by atoms with Gasteiger partial charge in [-0.2, -0.15) is 8.78 Å². The molecule has 0 atom stereocenters. The SMILES string of the molecule is Nc1cc(F)c(OCC(F)(F)c2ccccc2)cc1F. The molecule has 2 N–H and O–H groups in total. The minimum absolute atomic E-state index is 0.267. The van der Waals surface area contributed by atoms with Crippen LogP contribution in [0.25, 0.3) is 0 Å². The van der Waals surface area contributed by atoms with Gasteiger partial charge in [0.05, 0.1) is 5.69 Å². The molecule has 0 spiro atoms. The number of hydrogen-bond donors (Lipinski definition) is 1. The highest BCUT2D eigenvalue weighted by Gasteiger charge is 2.32. The second-order valence-electron chi connectivity index (χ2n) is 4.16. The summed E-state index contributed by atoms with van der Waals surface area (Å²) in [5.74, 6) is -5.84. The highest BCUT2D eigenvalue weighted by Crippen LogP contribution is 2.30. The van der Waals surface area contributed by atoms with E-state index in [1.165, 1.54) is 24.3 Å². The Balaban J connectivity index is 2.14. The van der Waals surface area contributed by atoms with Crippen molar-refractivity contribution >= 4 is 5.69 Å². The molecule has 0 heterocycles. The van der Waals surface area contributed by atoms with Crippen molar-refractivity contribution in [2.24, 2.45) is 0 Å². The summed E-state index contributed by atoms with van der Waals surface area (Å²) in [5, 5.41) is 0. The van der Waals surface area contributed by atoms with Gasteiger partial charge < -0.3 is 10.5 Å². The number of nitrogens with two attached hydrogens (primary N) is 1. The Labute approximate surface area is 112 Å². The zero-order valence-electron chi connectivity index (χ0n) is 10.2.